The molecule has 0 atom stereocenters. The van der Waals surface area contributed by atoms with Gasteiger partial charge in [0.15, 0.2) is 0 Å². The lowest BCUT2D eigenvalue weighted by Gasteiger charge is -2.28. The quantitative estimate of drug-likeness (QED) is 0.546. The minimum atomic E-state index is -5.08. The minimum Gasteiger partial charge on any atom is -0.478 e. The molecule has 0 amide bonds. The number of hydrogen-bond donors (Lipinski definition) is 3. The lowest BCUT2D eigenvalue weighted by atomic mass is 10.1. The van der Waals surface area contributed by atoms with Crippen LogP contribution in [-0.2, 0) is 14.8 Å². The summed E-state index contributed by atoms with van der Waals surface area (Å²) in [4.78, 5) is 22.9. The highest BCUT2D eigenvalue weighted by molar-refractivity contribution is 7.92. The average molecular weight is 503 g/mol. The van der Waals surface area contributed by atoms with Crippen LogP contribution in [0, 0.1) is 0 Å². The summed E-state index contributed by atoms with van der Waals surface area (Å²) in [5, 5.41) is 16.8. The van der Waals surface area contributed by atoms with Crippen molar-refractivity contribution >= 4 is 33.3 Å². The molecular formula is C22H25F3N2O6S. The molecule has 186 valence electrons. The Morgan fingerprint density at radius 3 is 1.91 bits per heavy atom. The van der Waals surface area contributed by atoms with Crippen LogP contribution >= 0.6 is 0 Å². The Kier molecular flexibility index (Phi) is 9.30. The molecule has 0 spiro atoms. The lowest BCUT2D eigenvalue weighted by molar-refractivity contribution is -0.192. The van der Waals surface area contributed by atoms with Gasteiger partial charge in [-0.2, -0.15) is 13.2 Å². The number of carboxylic acid groups (broad SMARTS) is 2. The van der Waals surface area contributed by atoms with E-state index in [4.69, 9.17) is 9.90 Å². The first-order valence-electron chi connectivity index (χ1n) is 10.4. The monoisotopic (exact) mass is 502 g/mol. The summed E-state index contributed by atoms with van der Waals surface area (Å²) >= 11 is 0. The highest BCUT2D eigenvalue weighted by atomic mass is 32.2. The Morgan fingerprint density at radius 1 is 0.882 bits per heavy atom. The Balaban J connectivity index is 0.000000509. The average Bonchev–Trinajstić information content (AvgIpc) is 2.74. The number of alkyl halides is 3. The molecule has 2 aromatic carbocycles. The van der Waals surface area contributed by atoms with E-state index >= 15 is 0 Å². The Bertz CT molecular complexity index is 1080. The van der Waals surface area contributed by atoms with Gasteiger partial charge >= 0.3 is 18.1 Å². The molecule has 0 radical (unpaired) electrons. The van der Waals surface area contributed by atoms with Crippen molar-refractivity contribution in [2.75, 3.05) is 22.7 Å². The first kappa shape index (κ1) is 27.0. The van der Waals surface area contributed by atoms with Gasteiger partial charge in [-0.1, -0.05) is 37.5 Å². The molecule has 0 unspecified atom stereocenters. The van der Waals surface area contributed by atoms with E-state index in [9.17, 15) is 31.5 Å². The van der Waals surface area contributed by atoms with E-state index in [1.807, 2.05) is 0 Å². The highest BCUT2D eigenvalue weighted by Crippen LogP contribution is 2.28. The largest absolute Gasteiger partial charge is 0.490 e. The number of rotatable bonds is 5. The zero-order valence-electron chi connectivity index (χ0n) is 18.1. The Morgan fingerprint density at radius 2 is 1.41 bits per heavy atom. The van der Waals surface area contributed by atoms with Crippen molar-refractivity contribution in [3.8, 4) is 0 Å². The van der Waals surface area contributed by atoms with Crippen LogP contribution in [0.15, 0.2) is 53.4 Å². The zero-order chi connectivity index (χ0) is 25.4. The van der Waals surface area contributed by atoms with Crippen molar-refractivity contribution in [2.24, 2.45) is 0 Å². The van der Waals surface area contributed by atoms with Gasteiger partial charge in [0.05, 0.1) is 16.1 Å². The Labute approximate surface area is 195 Å². The number of benzene rings is 2. The van der Waals surface area contributed by atoms with Gasteiger partial charge in [0.2, 0.25) is 0 Å². The summed E-state index contributed by atoms with van der Waals surface area (Å²) in [6.07, 6.45) is 0.491. The number of aromatic carboxylic acids is 1. The fourth-order valence-corrected chi connectivity index (χ4v) is 4.42. The summed E-state index contributed by atoms with van der Waals surface area (Å²) in [5.41, 5.74) is 1.00. The molecule has 1 fully saturated rings. The molecule has 1 saturated heterocycles. The van der Waals surface area contributed by atoms with Crippen LogP contribution < -0.4 is 9.62 Å². The van der Waals surface area contributed by atoms with Crippen molar-refractivity contribution in [1.29, 1.82) is 0 Å². The second kappa shape index (κ2) is 11.7. The number of nitrogens with one attached hydrogen (secondary N) is 1. The maximum absolute atomic E-state index is 12.5. The van der Waals surface area contributed by atoms with Gasteiger partial charge in [-0.15, -0.1) is 0 Å². The van der Waals surface area contributed by atoms with Gasteiger partial charge in [-0.05, 0) is 43.2 Å². The third-order valence-corrected chi connectivity index (χ3v) is 6.37. The van der Waals surface area contributed by atoms with Crippen LogP contribution in [0.4, 0.5) is 24.5 Å². The number of carboxylic acids is 2. The van der Waals surface area contributed by atoms with E-state index in [1.54, 1.807) is 30.3 Å². The molecule has 0 aliphatic carbocycles. The smallest absolute Gasteiger partial charge is 0.478 e. The first-order chi connectivity index (χ1) is 15.9. The molecule has 3 N–H and O–H groups in total. The molecular weight excluding hydrogens is 477 g/mol. The minimum absolute atomic E-state index is 0.115. The first-order valence-corrected chi connectivity index (χ1v) is 11.9. The van der Waals surface area contributed by atoms with E-state index in [-0.39, 0.29) is 16.1 Å². The number of hydrogen-bond acceptors (Lipinski definition) is 5. The number of halogens is 3. The van der Waals surface area contributed by atoms with E-state index < -0.39 is 28.1 Å². The molecule has 12 heteroatoms. The third-order valence-electron chi connectivity index (χ3n) is 4.97. The van der Waals surface area contributed by atoms with Crippen LogP contribution in [0.3, 0.4) is 0 Å². The summed E-state index contributed by atoms with van der Waals surface area (Å²) in [7, 11) is -3.76. The second-order valence-corrected chi connectivity index (χ2v) is 9.20. The molecule has 3 rings (SSSR count). The molecule has 0 aromatic heterocycles. The van der Waals surface area contributed by atoms with Crippen molar-refractivity contribution in [3.63, 3.8) is 0 Å². The fourth-order valence-electron chi connectivity index (χ4n) is 3.35. The number of carbonyl (C=O) groups is 2. The summed E-state index contributed by atoms with van der Waals surface area (Å²) in [6.45, 7) is 1.63. The number of anilines is 2. The zero-order valence-corrected chi connectivity index (χ0v) is 18.9. The van der Waals surface area contributed by atoms with Crippen molar-refractivity contribution < 1.29 is 41.4 Å². The summed E-state index contributed by atoms with van der Waals surface area (Å²) in [6, 6.07) is 12.7. The van der Waals surface area contributed by atoms with E-state index in [0.717, 1.165) is 38.8 Å². The molecule has 2 aromatic rings. The number of sulfonamides is 1. The van der Waals surface area contributed by atoms with Crippen LogP contribution in [0.1, 0.15) is 42.5 Å². The molecule has 8 nitrogen and oxygen atoms in total. The summed E-state index contributed by atoms with van der Waals surface area (Å²) in [5.74, 6) is -3.82. The normalized spacial score (nSPS) is 14.7. The van der Waals surface area contributed by atoms with Crippen LogP contribution in [0.5, 0.6) is 0 Å². The number of aliphatic carboxylic acids is 1. The lowest BCUT2D eigenvalue weighted by Crippen LogP contribution is -2.28. The molecule has 0 bridgehead atoms. The predicted octanol–water partition coefficient (Wildman–Crippen LogP) is 4.59. The van der Waals surface area contributed by atoms with Gasteiger partial charge in [-0.25, -0.2) is 18.0 Å². The van der Waals surface area contributed by atoms with E-state index in [2.05, 4.69) is 9.62 Å². The topological polar surface area (TPSA) is 124 Å². The maximum Gasteiger partial charge on any atom is 0.490 e. The predicted molar refractivity (Wildman–Crippen MR) is 120 cm³/mol. The third kappa shape index (κ3) is 7.94. The molecule has 1 heterocycles. The van der Waals surface area contributed by atoms with Crippen molar-refractivity contribution in [3.05, 3.63) is 54.1 Å². The van der Waals surface area contributed by atoms with E-state index in [1.165, 1.54) is 24.6 Å². The van der Waals surface area contributed by atoms with E-state index in [0.29, 0.717) is 5.69 Å². The van der Waals surface area contributed by atoms with Crippen LogP contribution in [0.2, 0.25) is 0 Å². The van der Waals surface area contributed by atoms with Gasteiger partial charge < -0.3 is 15.1 Å². The molecule has 1 aliphatic rings. The SMILES string of the molecule is O=C(O)C(F)(F)F.O=C(O)c1cc(NS(=O)(=O)c2ccccc2)ccc1N1CCCCCCC1. The fraction of sp³-hybridized carbons (Fsp3) is 0.364. The highest BCUT2D eigenvalue weighted by Gasteiger charge is 2.38. The van der Waals surface area contributed by atoms with Gasteiger partial charge in [-0.3, -0.25) is 4.72 Å². The summed E-state index contributed by atoms with van der Waals surface area (Å²) < 4.78 is 59.2. The van der Waals surface area contributed by atoms with Crippen molar-refractivity contribution in [1.82, 2.24) is 0 Å². The second-order valence-electron chi connectivity index (χ2n) is 7.51. The molecule has 34 heavy (non-hydrogen) atoms. The molecule has 1 aliphatic heterocycles. The standard InChI is InChI=1S/C20H24N2O4S.C2HF3O2/c23-20(24)18-15-16(21-27(25,26)17-9-5-4-6-10-17)11-12-19(18)22-13-7-2-1-3-8-14-22;3-2(4,5)1(6)7/h4-6,9-12,15,21H,1-3,7-8,13-14H2,(H,23,24);(H,6,7). The van der Waals surface area contributed by atoms with Gasteiger partial charge in [0.25, 0.3) is 10.0 Å². The maximum atomic E-state index is 12.5. The van der Waals surface area contributed by atoms with Crippen molar-refractivity contribution in [2.45, 2.75) is 43.2 Å². The Hall–Kier alpha value is -3.28. The van der Waals surface area contributed by atoms with Gasteiger partial charge in [0, 0.05) is 18.8 Å². The molecule has 0 saturated carbocycles. The number of nitrogens with zero attached hydrogens (tertiary/aromatic N) is 1. The van der Waals surface area contributed by atoms with Crippen LogP contribution in [-0.4, -0.2) is 49.8 Å². The van der Waals surface area contributed by atoms with Crippen LogP contribution in [0.25, 0.3) is 0 Å². The van der Waals surface area contributed by atoms with Gasteiger partial charge in [0.1, 0.15) is 0 Å².